The molecule has 444 valence electrons. The number of esters is 1. The Balaban J connectivity index is 5.28. The van der Waals surface area contributed by atoms with Crippen LogP contribution in [0.2, 0.25) is 0 Å². The Hall–Kier alpha value is -3.07. The van der Waals surface area contributed by atoms with Gasteiger partial charge in [0.1, 0.15) is 19.3 Å². The van der Waals surface area contributed by atoms with Gasteiger partial charge in [0.05, 0.1) is 33.8 Å². The molecule has 3 unspecified atom stereocenters. The summed E-state index contributed by atoms with van der Waals surface area (Å²) in [5, 5.41) is 3.04. The first-order valence-corrected chi connectivity index (χ1v) is 33.1. The first kappa shape index (κ1) is 73.9. The fourth-order valence-electron chi connectivity index (χ4n) is 8.58. The number of phosphoric ester groups is 1. The van der Waals surface area contributed by atoms with Gasteiger partial charge in [0, 0.05) is 12.8 Å². The van der Waals surface area contributed by atoms with Gasteiger partial charge in [-0.1, -0.05) is 234 Å². The Morgan fingerprint density at radius 3 is 1.22 bits per heavy atom. The molecule has 0 saturated heterocycles. The highest BCUT2D eigenvalue weighted by atomic mass is 31.2. The second kappa shape index (κ2) is 56.2. The van der Waals surface area contributed by atoms with Gasteiger partial charge in [-0.15, -0.1) is 0 Å². The number of rotatable bonds is 56. The fraction of sp³-hybridized carbons (Fsp3) is 0.731. The third-order valence-corrected chi connectivity index (χ3v) is 14.5. The van der Waals surface area contributed by atoms with Crippen molar-refractivity contribution in [3.05, 3.63) is 97.2 Å². The van der Waals surface area contributed by atoms with Crippen molar-refractivity contribution >= 4 is 19.7 Å². The van der Waals surface area contributed by atoms with E-state index in [1.54, 1.807) is 0 Å². The van der Waals surface area contributed by atoms with Crippen LogP contribution in [0.3, 0.4) is 0 Å². The predicted octanol–water partition coefficient (Wildman–Crippen LogP) is 19.6. The van der Waals surface area contributed by atoms with Gasteiger partial charge in [-0.3, -0.25) is 18.6 Å². The van der Waals surface area contributed by atoms with Crippen LogP contribution in [0.5, 0.6) is 0 Å². The number of carbonyl (C=O) groups is 2. The summed E-state index contributed by atoms with van der Waals surface area (Å²) in [7, 11) is 1.46. The number of carbonyl (C=O) groups excluding carboxylic acids is 2. The molecule has 0 saturated carbocycles. The largest absolute Gasteiger partial charge is 0.472 e. The first-order chi connectivity index (χ1) is 37.4. The molecule has 0 rings (SSSR count). The van der Waals surface area contributed by atoms with Crippen molar-refractivity contribution < 1.29 is 37.3 Å². The Labute approximate surface area is 475 Å². The standard InChI is InChI=1S/C67H119N2O7P/c1-7-10-13-16-19-22-25-27-29-31-33-34-36-37-39-41-44-47-50-53-56-59-66(70)68-64(63-75-77(72,73)74-62-61-69(4,5)6)65(58-55-52-49-46-43-24-21-18-15-12-9-3)76-67(71)60-57-54-51-48-45-42-40-38-35-32-30-28-26-23-20-17-14-11-8-2/h19-20,22-23,27-30,33-35,38,42,45,55,58,64-65H,7-18,21,24-26,31-32,36-37,39-41,43-44,46-54,56-57,59-63H2,1-6H3,(H-,68,70,72,73)/p+1/b22-19-,23-20-,29-27-,30-28-,34-33-,38-35-,45-42-,58-55+. The topological polar surface area (TPSA) is 111 Å². The van der Waals surface area contributed by atoms with E-state index < -0.39 is 20.0 Å². The maximum atomic E-state index is 13.5. The molecule has 2 N–H and O–H groups in total. The van der Waals surface area contributed by atoms with Gasteiger partial charge >= 0.3 is 13.8 Å². The normalized spacial score (nSPS) is 14.3. The molecule has 0 heterocycles. The lowest BCUT2D eigenvalue weighted by Crippen LogP contribution is -2.47. The number of phosphoric acid groups is 1. The molecule has 3 atom stereocenters. The number of hydrogen-bond donors (Lipinski definition) is 2. The minimum Gasteiger partial charge on any atom is -0.456 e. The van der Waals surface area contributed by atoms with Gasteiger partial charge in [-0.05, 0) is 115 Å². The smallest absolute Gasteiger partial charge is 0.456 e. The summed E-state index contributed by atoms with van der Waals surface area (Å²) in [6.07, 6.45) is 75.4. The summed E-state index contributed by atoms with van der Waals surface area (Å²) < 4.78 is 30.7. The van der Waals surface area contributed by atoms with E-state index in [2.05, 4.69) is 111 Å². The van der Waals surface area contributed by atoms with Crippen LogP contribution < -0.4 is 5.32 Å². The maximum Gasteiger partial charge on any atom is 0.472 e. The van der Waals surface area contributed by atoms with Gasteiger partial charge in [0.2, 0.25) is 5.91 Å². The highest BCUT2D eigenvalue weighted by Gasteiger charge is 2.30. The summed E-state index contributed by atoms with van der Waals surface area (Å²) in [5.74, 6) is -0.553. The molecular formula is C67H120N2O7P+. The third-order valence-electron chi connectivity index (χ3n) is 13.5. The van der Waals surface area contributed by atoms with Crippen molar-refractivity contribution in [2.75, 3.05) is 40.9 Å². The van der Waals surface area contributed by atoms with E-state index in [1.165, 1.54) is 122 Å². The van der Waals surface area contributed by atoms with E-state index in [9.17, 15) is 19.0 Å². The molecule has 0 fully saturated rings. The van der Waals surface area contributed by atoms with Crippen molar-refractivity contribution in [2.45, 2.75) is 277 Å². The second-order valence-corrected chi connectivity index (χ2v) is 23.7. The zero-order valence-electron chi connectivity index (χ0n) is 50.7. The second-order valence-electron chi connectivity index (χ2n) is 22.2. The molecule has 0 aromatic carbocycles. The summed E-state index contributed by atoms with van der Waals surface area (Å²) >= 11 is 0. The van der Waals surface area contributed by atoms with Crippen LogP contribution in [0, 0.1) is 0 Å². The van der Waals surface area contributed by atoms with Crippen molar-refractivity contribution in [2.24, 2.45) is 0 Å². The molecule has 0 aliphatic carbocycles. The van der Waals surface area contributed by atoms with E-state index in [4.69, 9.17) is 13.8 Å². The Kier molecular flexibility index (Phi) is 54.0. The van der Waals surface area contributed by atoms with E-state index in [-0.39, 0.29) is 31.5 Å². The quantitative estimate of drug-likeness (QED) is 0.0205. The van der Waals surface area contributed by atoms with Gasteiger partial charge in [-0.2, -0.15) is 0 Å². The van der Waals surface area contributed by atoms with Crippen LogP contribution in [-0.2, 0) is 27.9 Å². The highest BCUT2D eigenvalue weighted by Crippen LogP contribution is 2.43. The minimum atomic E-state index is -4.46. The molecule has 0 spiro atoms. The third kappa shape index (κ3) is 57.4. The summed E-state index contributed by atoms with van der Waals surface area (Å²) in [5.41, 5.74) is 0. The van der Waals surface area contributed by atoms with E-state index >= 15 is 0 Å². The minimum absolute atomic E-state index is 0.0288. The lowest BCUT2D eigenvalue weighted by atomic mass is 10.0. The van der Waals surface area contributed by atoms with E-state index in [0.29, 0.717) is 23.9 Å². The van der Waals surface area contributed by atoms with Crippen molar-refractivity contribution in [3.63, 3.8) is 0 Å². The lowest BCUT2D eigenvalue weighted by molar-refractivity contribution is -0.870. The Bertz CT molecular complexity index is 1640. The average molecular weight is 1100 g/mol. The van der Waals surface area contributed by atoms with Gasteiger partial charge in [0.15, 0.2) is 0 Å². The van der Waals surface area contributed by atoms with Crippen LogP contribution in [0.4, 0.5) is 0 Å². The number of nitrogens with zero attached hydrogens (tertiary/aromatic N) is 1. The Morgan fingerprint density at radius 2 is 0.792 bits per heavy atom. The number of unbranched alkanes of at least 4 members (excludes halogenated alkanes) is 26. The molecule has 0 aromatic rings. The van der Waals surface area contributed by atoms with E-state index in [1.807, 2.05) is 33.3 Å². The molecule has 0 aliphatic heterocycles. The number of nitrogens with one attached hydrogen (secondary N) is 1. The van der Waals surface area contributed by atoms with E-state index in [0.717, 1.165) is 103 Å². The first-order valence-electron chi connectivity index (χ1n) is 31.6. The number of hydrogen-bond acceptors (Lipinski definition) is 6. The van der Waals surface area contributed by atoms with Crippen LogP contribution in [0.15, 0.2) is 97.2 Å². The molecule has 77 heavy (non-hydrogen) atoms. The number of amides is 1. The van der Waals surface area contributed by atoms with Crippen molar-refractivity contribution in [1.82, 2.24) is 5.32 Å². The lowest BCUT2D eigenvalue weighted by Gasteiger charge is -2.27. The molecule has 10 heteroatoms. The molecular weight excluding hydrogens is 976 g/mol. The number of allylic oxidation sites excluding steroid dienone is 15. The highest BCUT2D eigenvalue weighted by molar-refractivity contribution is 7.47. The zero-order valence-corrected chi connectivity index (χ0v) is 51.6. The number of likely N-dealkylation sites (N-methyl/N-ethyl adjacent to an activating group) is 1. The fourth-order valence-corrected chi connectivity index (χ4v) is 9.31. The molecule has 0 bridgehead atoms. The summed E-state index contributed by atoms with van der Waals surface area (Å²) in [6, 6.07) is -0.871. The van der Waals surface area contributed by atoms with Crippen LogP contribution in [-0.4, -0.2) is 74.3 Å². The van der Waals surface area contributed by atoms with Crippen molar-refractivity contribution in [1.29, 1.82) is 0 Å². The van der Waals surface area contributed by atoms with Gasteiger partial charge < -0.3 is 19.4 Å². The predicted molar refractivity (Wildman–Crippen MR) is 332 cm³/mol. The van der Waals surface area contributed by atoms with Crippen LogP contribution in [0.1, 0.15) is 265 Å². The zero-order chi connectivity index (χ0) is 56.4. The average Bonchev–Trinajstić information content (AvgIpc) is 3.39. The molecule has 0 aliphatic rings. The maximum absolute atomic E-state index is 13.5. The van der Waals surface area contributed by atoms with Crippen LogP contribution in [0.25, 0.3) is 0 Å². The molecule has 9 nitrogen and oxygen atoms in total. The molecule has 0 aromatic heterocycles. The van der Waals surface area contributed by atoms with Gasteiger partial charge in [-0.25, -0.2) is 4.57 Å². The molecule has 0 radical (unpaired) electrons. The van der Waals surface area contributed by atoms with Crippen molar-refractivity contribution in [3.8, 4) is 0 Å². The summed E-state index contributed by atoms with van der Waals surface area (Å²) in [4.78, 5) is 37.7. The monoisotopic (exact) mass is 1100 g/mol. The SMILES string of the molecule is CCCCC/C=C\C/C=C\C/C=C\C/C=C\CCCCCC(=O)OC(/C=C/CCCCCCCCCCC)C(COP(=O)(O)OCC[N+](C)(C)C)NC(=O)CCCCCCCCCC/C=C\C/C=C\C/C=C\CCCCC. The number of quaternary nitrogens is 1. The van der Waals surface area contributed by atoms with Gasteiger partial charge in [0.25, 0.3) is 0 Å². The summed E-state index contributed by atoms with van der Waals surface area (Å²) in [6.45, 7) is 6.92. The molecule has 1 amide bonds. The number of ether oxygens (including phenoxy) is 1. The van der Waals surface area contributed by atoms with Crippen LogP contribution >= 0.6 is 7.82 Å². The Morgan fingerprint density at radius 1 is 0.455 bits per heavy atom.